The quantitative estimate of drug-likeness (QED) is 0.598. The number of fused-ring (bicyclic) bond motifs is 3. The predicted octanol–water partition coefficient (Wildman–Crippen LogP) is 4.52. The van der Waals surface area contributed by atoms with Gasteiger partial charge in [-0.25, -0.2) is 13.4 Å². The molecule has 0 bridgehead atoms. The molecule has 0 aliphatic carbocycles. The molecule has 2 aromatic heterocycles. The zero-order chi connectivity index (χ0) is 20.7. The minimum atomic E-state index is -3.54. The van der Waals surface area contributed by atoms with Gasteiger partial charge >= 0.3 is 0 Å². The Balaban J connectivity index is 1.31. The third-order valence-corrected chi connectivity index (χ3v) is 10.8. The van der Waals surface area contributed by atoms with E-state index >= 15 is 0 Å². The fourth-order valence-electron chi connectivity index (χ4n) is 3.76. The van der Waals surface area contributed by atoms with Crippen LogP contribution in [0.25, 0.3) is 11.3 Å². The number of carbonyl (C=O) groups is 1. The van der Waals surface area contributed by atoms with Crippen LogP contribution in [0.15, 0.2) is 50.9 Å². The molecule has 0 spiro atoms. The van der Waals surface area contributed by atoms with Crippen LogP contribution in [0, 0.1) is 5.92 Å². The fraction of sp³-hybridized carbons (Fsp3) is 0.300. The monoisotopic (exact) mass is 477 g/mol. The summed E-state index contributed by atoms with van der Waals surface area (Å²) in [5.41, 5.74) is 2.04. The lowest BCUT2D eigenvalue weighted by molar-refractivity contribution is -0.120. The van der Waals surface area contributed by atoms with Crippen LogP contribution in [0.2, 0.25) is 0 Å². The van der Waals surface area contributed by atoms with Crippen molar-refractivity contribution >= 4 is 55.5 Å². The van der Waals surface area contributed by atoms with Crippen LogP contribution in [0.4, 0.5) is 5.13 Å². The molecule has 10 heteroatoms. The molecule has 3 aromatic rings. The molecule has 2 aliphatic heterocycles. The Morgan fingerprint density at radius 3 is 2.90 bits per heavy atom. The largest absolute Gasteiger partial charge is 0.302 e. The maximum Gasteiger partial charge on any atom is 0.252 e. The van der Waals surface area contributed by atoms with Gasteiger partial charge in [-0.3, -0.25) is 4.79 Å². The van der Waals surface area contributed by atoms with Gasteiger partial charge in [0.1, 0.15) is 4.21 Å². The SMILES string of the molecule is O=C(Nc1nc2c(s1)CSc1ccccc1-2)C1CCCN(S(=O)(=O)c2cccs2)C1. The van der Waals surface area contributed by atoms with Gasteiger partial charge in [0, 0.05) is 34.2 Å². The molecule has 6 nitrogen and oxygen atoms in total. The van der Waals surface area contributed by atoms with Gasteiger partial charge in [0.05, 0.1) is 11.6 Å². The molecule has 156 valence electrons. The molecule has 1 N–H and O–H groups in total. The summed E-state index contributed by atoms with van der Waals surface area (Å²) in [5, 5.41) is 5.28. The van der Waals surface area contributed by atoms with Crippen molar-refractivity contribution in [3.05, 3.63) is 46.7 Å². The molecule has 1 fully saturated rings. The lowest BCUT2D eigenvalue weighted by Crippen LogP contribution is -2.43. The van der Waals surface area contributed by atoms with Gasteiger partial charge in [-0.2, -0.15) is 4.31 Å². The molecule has 1 saturated heterocycles. The number of hydrogen-bond donors (Lipinski definition) is 1. The number of nitrogens with zero attached hydrogens (tertiary/aromatic N) is 2. The van der Waals surface area contributed by atoms with Crippen LogP contribution in [-0.4, -0.2) is 36.7 Å². The topological polar surface area (TPSA) is 79.4 Å². The van der Waals surface area contributed by atoms with E-state index in [1.807, 2.05) is 12.1 Å². The lowest BCUT2D eigenvalue weighted by atomic mass is 9.99. The van der Waals surface area contributed by atoms with Gasteiger partial charge in [0.2, 0.25) is 5.91 Å². The van der Waals surface area contributed by atoms with Gasteiger partial charge in [0.25, 0.3) is 10.0 Å². The van der Waals surface area contributed by atoms with Crippen LogP contribution in [0.1, 0.15) is 17.7 Å². The van der Waals surface area contributed by atoms with E-state index in [1.54, 1.807) is 29.3 Å². The normalized spacial score (nSPS) is 19.1. The van der Waals surface area contributed by atoms with E-state index < -0.39 is 10.0 Å². The summed E-state index contributed by atoms with van der Waals surface area (Å²) in [4.78, 5) is 20.0. The Bertz CT molecular complexity index is 1190. The second-order valence-corrected chi connectivity index (χ2v) is 12.4. The number of thioether (sulfide) groups is 1. The average Bonchev–Trinajstić information content (AvgIpc) is 3.44. The Labute approximate surface area is 187 Å². The average molecular weight is 478 g/mol. The van der Waals surface area contributed by atoms with E-state index in [1.165, 1.54) is 31.9 Å². The minimum Gasteiger partial charge on any atom is -0.302 e. The summed E-state index contributed by atoms with van der Waals surface area (Å²) in [5.74, 6) is 0.306. The summed E-state index contributed by atoms with van der Waals surface area (Å²) in [6.45, 7) is 0.652. The zero-order valence-electron chi connectivity index (χ0n) is 15.9. The fourth-order valence-corrected chi connectivity index (χ4v) is 8.54. The number of aromatic nitrogens is 1. The van der Waals surface area contributed by atoms with Crippen LogP contribution >= 0.6 is 34.4 Å². The Kier molecular flexibility index (Phi) is 5.44. The van der Waals surface area contributed by atoms with Crippen molar-refractivity contribution in [3.8, 4) is 11.3 Å². The molecule has 1 amide bonds. The van der Waals surface area contributed by atoms with Crippen LogP contribution in [0.3, 0.4) is 0 Å². The number of amides is 1. The van der Waals surface area contributed by atoms with Gasteiger partial charge in [-0.1, -0.05) is 24.3 Å². The first-order chi connectivity index (χ1) is 14.5. The standard InChI is InChI=1S/C20H19N3O3S4/c24-19(13-5-3-9-23(11-13)30(25,26)17-8-4-10-27-17)22-20-21-18-14-6-1-2-7-15(14)28-12-16(18)29-20/h1-2,4,6-8,10,13H,3,5,9,11-12H2,(H,21,22,24). The number of thiazole rings is 1. The first kappa shape index (κ1) is 20.2. The van der Waals surface area contributed by atoms with Crippen molar-refractivity contribution < 1.29 is 13.2 Å². The number of hydrogen-bond acceptors (Lipinski definition) is 7. The third kappa shape index (κ3) is 3.71. The number of benzene rings is 1. The Morgan fingerprint density at radius 2 is 2.07 bits per heavy atom. The molecule has 2 aliphatic rings. The number of sulfonamides is 1. The van der Waals surface area contributed by atoms with Gasteiger partial charge in [0.15, 0.2) is 5.13 Å². The third-order valence-electron chi connectivity index (χ3n) is 5.27. The maximum atomic E-state index is 12.9. The highest BCUT2D eigenvalue weighted by atomic mass is 32.2. The summed E-state index contributed by atoms with van der Waals surface area (Å²) < 4.78 is 27.4. The minimum absolute atomic E-state index is 0.159. The maximum absolute atomic E-state index is 12.9. The highest BCUT2D eigenvalue weighted by Crippen LogP contribution is 2.44. The first-order valence-electron chi connectivity index (χ1n) is 9.59. The zero-order valence-corrected chi connectivity index (χ0v) is 19.2. The summed E-state index contributed by atoms with van der Waals surface area (Å²) in [6.07, 6.45) is 1.34. The molecule has 5 rings (SSSR count). The Hall–Kier alpha value is -1.72. The van der Waals surface area contributed by atoms with Gasteiger partial charge < -0.3 is 5.32 Å². The molecule has 4 heterocycles. The second kappa shape index (κ2) is 8.08. The number of piperidine rings is 1. The first-order valence-corrected chi connectivity index (χ1v) is 13.7. The Morgan fingerprint density at radius 1 is 1.20 bits per heavy atom. The number of anilines is 1. The predicted molar refractivity (Wildman–Crippen MR) is 122 cm³/mol. The molecule has 1 aromatic carbocycles. The van der Waals surface area contributed by atoms with E-state index in [9.17, 15) is 13.2 Å². The van der Waals surface area contributed by atoms with E-state index in [2.05, 4.69) is 22.4 Å². The van der Waals surface area contributed by atoms with Gasteiger partial charge in [-0.15, -0.1) is 34.4 Å². The number of rotatable bonds is 4. The highest BCUT2D eigenvalue weighted by molar-refractivity contribution is 7.98. The van der Waals surface area contributed by atoms with Crippen LogP contribution in [-0.2, 0) is 20.6 Å². The summed E-state index contributed by atoms with van der Waals surface area (Å²) in [7, 11) is -3.54. The molecule has 1 atom stereocenters. The molecule has 1 unspecified atom stereocenters. The number of carbonyl (C=O) groups excluding carboxylic acids is 1. The lowest BCUT2D eigenvalue weighted by Gasteiger charge is -2.30. The molecule has 0 radical (unpaired) electrons. The van der Waals surface area contributed by atoms with E-state index in [0.717, 1.165) is 21.9 Å². The van der Waals surface area contributed by atoms with E-state index in [-0.39, 0.29) is 18.4 Å². The number of nitrogens with one attached hydrogen (secondary N) is 1. The van der Waals surface area contributed by atoms with Crippen molar-refractivity contribution in [2.75, 3.05) is 18.4 Å². The van der Waals surface area contributed by atoms with E-state index in [0.29, 0.717) is 28.7 Å². The number of thiophene rings is 1. The molecule has 0 saturated carbocycles. The van der Waals surface area contributed by atoms with Crippen LogP contribution in [0.5, 0.6) is 0 Å². The summed E-state index contributed by atoms with van der Waals surface area (Å²) in [6, 6.07) is 11.5. The van der Waals surface area contributed by atoms with Crippen molar-refractivity contribution in [1.29, 1.82) is 0 Å². The van der Waals surface area contributed by atoms with Crippen molar-refractivity contribution in [1.82, 2.24) is 9.29 Å². The smallest absolute Gasteiger partial charge is 0.252 e. The van der Waals surface area contributed by atoms with Crippen molar-refractivity contribution in [2.45, 2.75) is 27.7 Å². The van der Waals surface area contributed by atoms with Gasteiger partial charge in [-0.05, 0) is 30.4 Å². The van der Waals surface area contributed by atoms with Crippen molar-refractivity contribution in [3.63, 3.8) is 0 Å². The molecule has 30 heavy (non-hydrogen) atoms. The van der Waals surface area contributed by atoms with E-state index in [4.69, 9.17) is 0 Å². The molecular weight excluding hydrogens is 459 g/mol. The van der Waals surface area contributed by atoms with Crippen LogP contribution < -0.4 is 5.32 Å². The van der Waals surface area contributed by atoms with Crippen molar-refractivity contribution in [2.24, 2.45) is 5.92 Å². The summed E-state index contributed by atoms with van der Waals surface area (Å²) >= 11 is 4.49. The highest BCUT2D eigenvalue weighted by Gasteiger charge is 2.34. The molecular formula is C20H19N3O3S4. The second-order valence-electron chi connectivity index (χ2n) is 7.20.